The van der Waals surface area contributed by atoms with Gasteiger partial charge in [-0.15, -0.1) is 0 Å². The Kier molecular flexibility index (Phi) is 4.18. The number of para-hydroxylation sites is 2. The molecule has 2 aliphatic rings. The molecule has 1 aromatic heterocycles. The highest BCUT2D eigenvalue weighted by molar-refractivity contribution is 5.99. The fraction of sp³-hybridized carbons (Fsp3) is 0.400. The first-order chi connectivity index (χ1) is 12.5. The number of aromatic nitrogens is 1. The Labute approximate surface area is 151 Å². The zero-order valence-electron chi connectivity index (χ0n) is 14.9. The highest BCUT2D eigenvalue weighted by Gasteiger charge is 2.31. The predicted octanol–water partition coefficient (Wildman–Crippen LogP) is 3.01. The first-order valence-corrected chi connectivity index (χ1v) is 8.81. The second-order valence-corrected chi connectivity index (χ2v) is 6.78. The summed E-state index contributed by atoms with van der Waals surface area (Å²) in [5.41, 5.74) is 2.63. The van der Waals surface area contributed by atoms with Crippen LogP contribution in [-0.4, -0.2) is 35.6 Å². The zero-order valence-corrected chi connectivity index (χ0v) is 14.9. The lowest BCUT2D eigenvalue weighted by atomic mass is 10.1. The number of hydrogen-bond donors (Lipinski definition) is 0. The van der Waals surface area contributed by atoms with Gasteiger partial charge in [-0.25, -0.2) is 4.79 Å². The number of rotatable bonds is 5. The molecule has 0 unspecified atom stereocenters. The Bertz CT molecular complexity index is 865. The summed E-state index contributed by atoms with van der Waals surface area (Å²) < 4.78 is 18.5. The van der Waals surface area contributed by atoms with Crippen molar-refractivity contribution in [2.75, 3.05) is 13.2 Å². The van der Waals surface area contributed by atoms with Crippen molar-refractivity contribution in [2.45, 2.75) is 38.8 Å². The van der Waals surface area contributed by atoms with Crippen molar-refractivity contribution >= 4 is 11.8 Å². The van der Waals surface area contributed by atoms with E-state index in [4.69, 9.17) is 14.2 Å². The van der Waals surface area contributed by atoms with E-state index in [0.717, 1.165) is 24.2 Å². The molecule has 26 heavy (non-hydrogen) atoms. The van der Waals surface area contributed by atoms with Gasteiger partial charge in [-0.2, -0.15) is 0 Å². The van der Waals surface area contributed by atoms with Crippen LogP contribution in [0.4, 0.5) is 0 Å². The molecule has 1 saturated carbocycles. The quantitative estimate of drug-likeness (QED) is 0.609. The number of esters is 1. The van der Waals surface area contributed by atoms with Crippen molar-refractivity contribution in [3.63, 3.8) is 0 Å². The lowest BCUT2D eigenvalue weighted by molar-refractivity contribution is -0.153. The minimum atomic E-state index is -0.864. The summed E-state index contributed by atoms with van der Waals surface area (Å²) in [5.74, 6) is 0.305. The van der Waals surface area contributed by atoms with Gasteiger partial charge in [0.2, 0.25) is 11.9 Å². The van der Waals surface area contributed by atoms with Crippen molar-refractivity contribution in [1.29, 1.82) is 0 Å². The fourth-order valence-corrected chi connectivity index (χ4v) is 3.40. The van der Waals surface area contributed by atoms with Gasteiger partial charge in [0.25, 0.3) is 0 Å². The lowest BCUT2D eigenvalue weighted by Crippen LogP contribution is -2.38. The molecule has 0 N–H and O–H groups in total. The third kappa shape index (κ3) is 3.07. The minimum absolute atomic E-state index is 0.0697. The summed E-state index contributed by atoms with van der Waals surface area (Å²) in [5, 5.41) is 0. The van der Waals surface area contributed by atoms with Gasteiger partial charge >= 0.3 is 5.97 Å². The summed E-state index contributed by atoms with van der Waals surface area (Å²) in [7, 11) is 0. The van der Waals surface area contributed by atoms with Crippen LogP contribution in [-0.2, 0) is 9.53 Å². The molecule has 0 radical (unpaired) electrons. The second kappa shape index (κ2) is 6.52. The molecule has 0 amide bonds. The number of benzene rings is 1. The van der Waals surface area contributed by atoms with E-state index in [0.29, 0.717) is 23.1 Å². The largest absolute Gasteiger partial charge is 0.485 e. The van der Waals surface area contributed by atoms with Crippen molar-refractivity contribution < 1.29 is 23.8 Å². The van der Waals surface area contributed by atoms with Crippen LogP contribution in [0.15, 0.2) is 30.3 Å². The van der Waals surface area contributed by atoms with Crippen LogP contribution in [0.25, 0.3) is 0 Å². The molecule has 136 valence electrons. The number of nitrogens with zero attached hydrogens (tertiary/aromatic N) is 1. The van der Waals surface area contributed by atoms with E-state index in [1.54, 1.807) is 18.2 Å². The highest BCUT2D eigenvalue weighted by Crippen LogP contribution is 2.38. The van der Waals surface area contributed by atoms with E-state index in [1.807, 2.05) is 26.0 Å². The van der Waals surface area contributed by atoms with Gasteiger partial charge in [0.15, 0.2) is 18.1 Å². The average Bonchev–Trinajstić information content (AvgIpc) is 3.43. The number of carbonyl (C=O) groups excluding carboxylic acids is 2. The van der Waals surface area contributed by atoms with Crippen LogP contribution in [0.1, 0.15) is 40.6 Å². The van der Waals surface area contributed by atoms with Gasteiger partial charge in [-0.1, -0.05) is 12.1 Å². The van der Waals surface area contributed by atoms with Crippen LogP contribution in [0.5, 0.6) is 11.5 Å². The predicted molar refractivity (Wildman–Crippen MR) is 93.8 cm³/mol. The monoisotopic (exact) mass is 355 g/mol. The van der Waals surface area contributed by atoms with E-state index in [-0.39, 0.29) is 19.0 Å². The maximum Gasteiger partial charge on any atom is 0.351 e. The van der Waals surface area contributed by atoms with Crippen LogP contribution in [0.3, 0.4) is 0 Å². The molecule has 1 aliphatic heterocycles. The Morgan fingerprint density at radius 1 is 1.19 bits per heavy atom. The topological polar surface area (TPSA) is 66.8 Å². The number of carbonyl (C=O) groups is 2. The maximum absolute atomic E-state index is 12.5. The molecule has 6 heteroatoms. The first kappa shape index (κ1) is 16.7. The Hall–Kier alpha value is -2.76. The van der Waals surface area contributed by atoms with E-state index >= 15 is 0 Å². The number of fused-ring (bicyclic) bond motifs is 1. The molecule has 1 aromatic carbocycles. The van der Waals surface area contributed by atoms with E-state index < -0.39 is 12.1 Å². The van der Waals surface area contributed by atoms with Crippen LogP contribution in [0.2, 0.25) is 0 Å². The molecule has 2 heterocycles. The van der Waals surface area contributed by atoms with Crippen molar-refractivity contribution in [1.82, 2.24) is 4.57 Å². The van der Waals surface area contributed by atoms with E-state index in [1.165, 1.54) is 0 Å². The van der Waals surface area contributed by atoms with Gasteiger partial charge in [0.1, 0.15) is 6.61 Å². The molecule has 6 nitrogen and oxygen atoms in total. The summed E-state index contributed by atoms with van der Waals surface area (Å²) in [6.45, 7) is 3.71. The SMILES string of the molecule is Cc1cc(C(=O)COC(=O)[C@H]2COc3ccccc3O2)c(C)n1C1CC1. The maximum atomic E-state index is 12.5. The van der Waals surface area contributed by atoms with Crippen LogP contribution >= 0.6 is 0 Å². The van der Waals surface area contributed by atoms with Crippen LogP contribution in [0, 0.1) is 13.8 Å². The fourth-order valence-electron chi connectivity index (χ4n) is 3.40. The molecule has 4 rings (SSSR count). The van der Waals surface area contributed by atoms with Gasteiger partial charge in [-0.3, -0.25) is 4.79 Å². The molecule has 1 fully saturated rings. The van der Waals surface area contributed by atoms with Gasteiger partial charge in [0, 0.05) is 23.0 Å². The van der Waals surface area contributed by atoms with Crippen LogP contribution < -0.4 is 9.47 Å². The molecule has 0 spiro atoms. The summed E-state index contributed by atoms with van der Waals surface area (Å²) in [4.78, 5) is 24.7. The number of ketones is 1. The van der Waals surface area contributed by atoms with Crippen molar-refractivity contribution in [3.8, 4) is 11.5 Å². The normalized spacial score (nSPS) is 18.5. The second-order valence-electron chi connectivity index (χ2n) is 6.78. The zero-order chi connectivity index (χ0) is 18.3. The van der Waals surface area contributed by atoms with Gasteiger partial charge < -0.3 is 18.8 Å². The number of aryl methyl sites for hydroxylation is 1. The first-order valence-electron chi connectivity index (χ1n) is 8.81. The number of Topliss-reactive ketones (excluding diaryl/α,β-unsaturated/α-hetero) is 1. The third-order valence-electron chi connectivity index (χ3n) is 4.81. The third-order valence-corrected chi connectivity index (χ3v) is 4.81. The molecule has 1 aliphatic carbocycles. The molecule has 0 bridgehead atoms. The molecular weight excluding hydrogens is 334 g/mol. The Balaban J connectivity index is 1.38. The molecule has 0 saturated heterocycles. The molecule has 1 atom stereocenters. The van der Waals surface area contributed by atoms with E-state index in [2.05, 4.69) is 4.57 Å². The summed E-state index contributed by atoms with van der Waals surface area (Å²) in [6.07, 6.45) is 1.44. The molecule has 2 aromatic rings. The average molecular weight is 355 g/mol. The summed E-state index contributed by atoms with van der Waals surface area (Å²) >= 11 is 0. The minimum Gasteiger partial charge on any atom is -0.485 e. The van der Waals surface area contributed by atoms with E-state index in [9.17, 15) is 9.59 Å². The standard InChI is InChI=1S/C20H21NO5/c1-12-9-15(13(2)21(12)14-7-8-14)16(22)10-25-20(23)19-11-24-17-5-3-4-6-18(17)26-19/h3-6,9,14,19H,7-8,10-11H2,1-2H3/t19-/m1/s1. The number of hydrogen-bond acceptors (Lipinski definition) is 5. The molecular formula is C20H21NO5. The summed E-state index contributed by atoms with van der Waals surface area (Å²) in [6, 6.07) is 9.52. The van der Waals surface area contributed by atoms with Gasteiger partial charge in [-0.05, 0) is 44.9 Å². The lowest BCUT2D eigenvalue weighted by Gasteiger charge is -2.24. The Morgan fingerprint density at radius 2 is 1.92 bits per heavy atom. The smallest absolute Gasteiger partial charge is 0.351 e. The number of ether oxygens (including phenoxy) is 3. The van der Waals surface area contributed by atoms with Crippen molar-refractivity contribution in [2.24, 2.45) is 0 Å². The Morgan fingerprint density at radius 3 is 2.65 bits per heavy atom. The van der Waals surface area contributed by atoms with Crippen molar-refractivity contribution in [3.05, 3.63) is 47.3 Å². The van der Waals surface area contributed by atoms with Gasteiger partial charge in [0.05, 0.1) is 0 Å². The highest BCUT2D eigenvalue weighted by atomic mass is 16.6.